The zero-order valence-electron chi connectivity index (χ0n) is 10.1. The smallest absolute Gasteiger partial charge is 0.137 e. The third kappa shape index (κ3) is 2.07. The molecule has 0 unspecified atom stereocenters. The number of fused-ring (bicyclic) bond motifs is 1. The third-order valence-corrected chi connectivity index (χ3v) is 3.95. The summed E-state index contributed by atoms with van der Waals surface area (Å²) in [5.74, 6) is 0.897. The highest BCUT2D eigenvalue weighted by Gasteiger charge is 2.04. The Bertz CT molecular complexity index is 670. The van der Waals surface area contributed by atoms with Crippen molar-refractivity contribution >= 4 is 28.1 Å². The number of aromatic nitrogens is 2. The molecule has 0 bridgehead atoms. The van der Waals surface area contributed by atoms with Crippen molar-refractivity contribution in [1.29, 1.82) is 0 Å². The first-order valence-electron chi connectivity index (χ1n) is 5.81. The van der Waals surface area contributed by atoms with Gasteiger partial charge < -0.3 is 5.32 Å². The van der Waals surface area contributed by atoms with E-state index in [1.165, 1.54) is 10.4 Å². The Morgan fingerprint density at radius 1 is 1.17 bits per heavy atom. The van der Waals surface area contributed by atoms with Crippen molar-refractivity contribution in [2.24, 2.45) is 0 Å². The third-order valence-electron chi connectivity index (χ3n) is 2.93. The highest BCUT2D eigenvalue weighted by atomic mass is 32.1. The van der Waals surface area contributed by atoms with Crippen LogP contribution in [0.3, 0.4) is 0 Å². The predicted molar refractivity (Wildman–Crippen MR) is 75.9 cm³/mol. The van der Waals surface area contributed by atoms with Gasteiger partial charge in [-0.1, -0.05) is 12.1 Å². The Labute approximate surface area is 110 Å². The first-order valence-corrected chi connectivity index (χ1v) is 6.69. The lowest BCUT2D eigenvalue weighted by Crippen LogP contribution is -2.02. The summed E-state index contributed by atoms with van der Waals surface area (Å²) < 4.78 is 0. The predicted octanol–water partition coefficient (Wildman–Crippen LogP) is 3.61. The van der Waals surface area contributed by atoms with E-state index in [1.54, 1.807) is 17.7 Å². The van der Waals surface area contributed by atoms with Crippen molar-refractivity contribution in [3.8, 4) is 0 Å². The maximum Gasteiger partial charge on any atom is 0.137 e. The minimum absolute atomic E-state index is 0.810. The maximum absolute atomic E-state index is 4.32. The standard InChI is InChI=1S/C14H13N3S/c1-10-6-7-18-13(10)8-15-14-11-4-2-3-5-12(11)16-9-17-14/h2-7,9H,8H2,1H3,(H,15,16,17). The molecule has 0 saturated heterocycles. The van der Waals surface area contributed by atoms with Crippen molar-refractivity contribution in [3.05, 3.63) is 52.5 Å². The number of hydrogen-bond acceptors (Lipinski definition) is 4. The van der Waals surface area contributed by atoms with Crippen LogP contribution in [0.5, 0.6) is 0 Å². The number of nitrogens with zero attached hydrogens (tertiary/aromatic N) is 2. The summed E-state index contributed by atoms with van der Waals surface area (Å²) in [5, 5.41) is 6.57. The average Bonchev–Trinajstić information content (AvgIpc) is 2.82. The topological polar surface area (TPSA) is 37.8 Å². The molecular formula is C14H13N3S. The zero-order valence-corrected chi connectivity index (χ0v) is 10.9. The molecule has 0 amide bonds. The molecule has 0 aliphatic rings. The quantitative estimate of drug-likeness (QED) is 0.777. The van der Waals surface area contributed by atoms with Crippen LogP contribution in [0, 0.1) is 6.92 Å². The first-order chi connectivity index (χ1) is 8.84. The van der Waals surface area contributed by atoms with Crippen LogP contribution in [0.15, 0.2) is 42.0 Å². The van der Waals surface area contributed by atoms with Gasteiger partial charge in [-0.15, -0.1) is 11.3 Å². The number of benzene rings is 1. The van der Waals surface area contributed by atoms with E-state index >= 15 is 0 Å². The van der Waals surface area contributed by atoms with Crippen LogP contribution >= 0.6 is 11.3 Å². The van der Waals surface area contributed by atoms with Gasteiger partial charge in [-0.2, -0.15) is 0 Å². The van der Waals surface area contributed by atoms with Gasteiger partial charge in [0.1, 0.15) is 12.1 Å². The number of hydrogen-bond donors (Lipinski definition) is 1. The molecule has 0 spiro atoms. The van der Waals surface area contributed by atoms with Crippen LogP contribution in [0.25, 0.3) is 10.9 Å². The van der Waals surface area contributed by atoms with Crippen molar-refractivity contribution in [2.75, 3.05) is 5.32 Å². The van der Waals surface area contributed by atoms with Crippen LogP contribution in [-0.2, 0) is 6.54 Å². The molecule has 2 heterocycles. The number of aryl methyl sites for hydroxylation is 1. The average molecular weight is 255 g/mol. The Balaban J connectivity index is 1.89. The summed E-state index contributed by atoms with van der Waals surface area (Å²) in [5.41, 5.74) is 2.30. The van der Waals surface area contributed by atoms with Crippen molar-refractivity contribution in [3.63, 3.8) is 0 Å². The van der Waals surface area contributed by atoms with Crippen LogP contribution in [0.2, 0.25) is 0 Å². The molecule has 3 aromatic rings. The fraction of sp³-hybridized carbons (Fsp3) is 0.143. The van der Waals surface area contributed by atoms with E-state index in [-0.39, 0.29) is 0 Å². The molecule has 1 aromatic carbocycles. The lowest BCUT2D eigenvalue weighted by Gasteiger charge is -2.07. The number of anilines is 1. The van der Waals surface area contributed by atoms with E-state index in [0.717, 1.165) is 23.3 Å². The summed E-state index contributed by atoms with van der Waals surface area (Å²) in [4.78, 5) is 9.92. The number of nitrogens with one attached hydrogen (secondary N) is 1. The van der Waals surface area contributed by atoms with E-state index in [4.69, 9.17) is 0 Å². The molecule has 2 aromatic heterocycles. The van der Waals surface area contributed by atoms with Gasteiger partial charge in [-0.3, -0.25) is 0 Å². The van der Waals surface area contributed by atoms with E-state index < -0.39 is 0 Å². The SMILES string of the molecule is Cc1ccsc1CNc1ncnc2ccccc12. The molecule has 3 nitrogen and oxygen atoms in total. The molecule has 0 aliphatic heterocycles. The van der Waals surface area contributed by atoms with Gasteiger partial charge in [-0.05, 0) is 36.1 Å². The molecule has 0 aliphatic carbocycles. The van der Waals surface area contributed by atoms with Gasteiger partial charge in [0.25, 0.3) is 0 Å². The minimum atomic E-state index is 0.810. The summed E-state index contributed by atoms with van der Waals surface area (Å²) in [6, 6.07) is 10.2. The van der Waals surface area contributed by atoms with Crippen LogP contribution in [0.4, 0.5) is 5.82 Å². The van der Waals surface area contributed by atoms with E-state index in [9.17, 15) is 0 Å². The summed E-state index contributed by atoms with van der Waals surface area (Å²) >= 11 is 1.77. The first kappa shape index (κ1) is 11.2. The summed E-state index contributed by atoms with van der Waals surface area (Å²) in [7, 11) is 0. The minimum Gasteiger partial charge on any atom is -0.365 e. The highest BCUT2D eigenvalue weighted by molar-refractivity contribution is 7.10. The van der Waals surface area contributed by atoms with Crippen LogP contribution in [0.1, 0.15) is 10.4 Å². The fourth-order valence-corrected chi connectivity index (χ4v) is 2.74. The van der Waals surface area contributed by atoms with Crippen molar-refractivity contribution in [1.82, 2.24) is 9.97 Å². The summed E-state index contributed by atoms with van der Waals surface area (Å²) in [6.45, 7) is 2.94. The van der Waals surface area contributed by atoms with Crippen molar-refractivity contribution in [2.45, 2.75) is 13.5 Å². The van der Waals surface area contributed by atoms with Gasteiger partial charge in [0.05, 0.1) is 12.1 Å². The Morgan fingerprint density at radius 3 is 2.89 bits per heavy atom. The van der Waals surface area contributed by atoms with Crippen LogP contribution < -0.4 is 5.32 Å². The number of thiophene rings is 1. The molecule has 4 heteroatoms. The van der Waals surface area contributed by atoms with E-state index in [0.29, 0.717) is 0 Å². The van der Waals surface area contributed by atoms with Gasteiger partial charge in [-0.25, -0.2) is 9.97 Å². The van der Waals surface area contributed by atoms with E-state index in [1.807, 2.05) is 24.3 Å². The second-order valence-electron chi connectivity index (χ2n) is 4.12. The summed E-state index contributed by atoms with van der Waals surface area (Å²) in [6.07, 6.45) is 1.60. The molecule has 18 heavy (non-hydrogen) atoms. The van der Waals surface area contributed by atoms with Crippen molar-refractivity contribution < 1.29 is 0 Å². The van der Waals surface area contributed by atoms with Gasteiger partial charge in [0, 0.05) is 10.3 Å². The molecule has 0 radical (unpaired) electrons. The van der Waals surface area contributed by atoms with Gasteiger partial charge in [0.15, 0.2) is 0 Å². The Morgan fingerprint density at radius 2 is 2.06 bits per heavy atom. The van der Waals surface area contributed by atoms with Crippen LogP contribution in [-0.4, -0.2) is 9.97 Å². The fourth-order valence-electron chi connectivity index (χ4n) is 1.89. The molecule has 0 fully saturated rings. The zero-order chi connectivity index (χ0) is 12.4. The second kappa shape index (κ2) is 4.74. The molecule has 3 rings (SSSR count). The monoisotopic (exact) mass is 255 g/mol. The van der Waals surface area contributed by atoms with Gasteiger partial charge >= 0.3 is 0 Å². The lowest BCUT2D eigenvalue weighted by molar-refractivity contribution is 1.11. The normalized spacial score (nSPS) is 10.7. The van der Waals surface area contributed by atoms with Gasteiger partial charge in [0.2, 0.25) is 0 Å². The highest BCUT2D eigenvalue weighted by Crippen LogP contribution is 2.21. The second-order valence-corrected chi connectivity index (χ2v) is 5.12. The Hall–Kier alpha value is -1.94. The van der Waals surface area contributed by atoms with E-state index in [2.05, 4.69) is 33.7 Å². The largest absolute Gasteiger partial charge is 0.365 e. The molecule has 90 valence electrons. The number of rotatable bonds is 3. The molecule has 1 N–H and O–H groups in total. The lowest BCUT2D eigenvalue weighted by atomic mass is 10.2. The maximum atomic E-state index is 4.32. The molecule has 0 atom stereocenters. The Kier molecular flexibility index (Phi) is 2.94. The molecule has 0 saturated carbocycles. The number of para-hydroxylation sites is 1. The molecular weight excluding hydrogens is 242 g/mol.